The van der Waals surface area contributed by atoms with Gasteiger partial charge >= 0.3 is 0 Å². The Labute approximate surface area is 124 Å². The summed E-state index contributed by atoms with van der Waals surface area (Å²) >= 11 is 3.48. The van der Waals surface area contributed by atoms with Gasteiger partial charge in [0.1, 0.15) is 24.8 Å². The second-order valence-corrected chi connectivity index (χ2v) is 5.39. The molecule has 0 spiro atoms. The summed E-state index contributed by atoms with van der Waals surface area (Å²) in [4.78, 5) is 0. The molecule has 106 valence electrons. The summed E-state index contributed by atoms with van der Waals surface area (Å²) < 4.78 is 25.9. The Balaban J connectivity index is 1.67. The van der Waals surface area contributed by atoms with Crippen molar-refractivity contribution in [1.29, 1.82) is 0 Å². The molecule has 0 saturated carbocycles. The van der Waals surface area contributed by atoms with Gasteiger partial charge in [-0.25, -0.2) is 4.39 Å². The van der Waals surface area contributed by atoms with Gasteiger partial charge in [0, 0.05) is 18.2 Å². The van der Waals surface area contributed by atoms with Crippen molar-refractivity contribution in [2.24, 2.45) is 0 Å². The van der Waals surface area contributed by atoms with Gasteiger partial charge in [0.15, 0.2) is 0 Å². The van der Waals surface area contributed by atoms with Crippen molar-refractivity contribution in [3.05, 3.63) is 40.1 Å². The predicted molar refractivity (Wildman–Crippen MR) is 75.9 cm³/mol. The molecule has 1 aliphatic rings. The zero-order chi connectivity index (χ0) is 13.9. The SMILES string of the molecule is FCCn1ccc(COc2cc(Br)c3c(c2)CCO3)n1. The van der Waals surface area contributed by atoms with E-state index in [1.165, 1.54) is 0 Å². The molecule has 2 aromatic rings. The summed E-state index contributed by atoms with van der Waals surface area (Å²) in [5.74, 6) is 1.69. The summed E-state index contributed by atoms with van der Waals surface area (Å²) in [6.07, 6.45) is 2.65. The first-order valence-corrected chi connectivity index (χ1v) is 7.22. The molecule has 2 heterocycles. The van der Waals surface area contributed by atoms with Crippen LogP contribution in [0.15, 0.2) is 28.9 Å². The van der Waals surface area contributed by atoms with Crippen LogP contribution in [0.3, 0.4) is 0 Å². The fraction of sp³-hybridized carbons (Fsp3) is 0.357. The van der Waals surface area contributed by atoms with Crippen LogP contribution in [0.25, 0.3) is 0 Å². The molecule has 0 amide bonds. The van der Waals surface area contributed by atoms with E-state index in [4.69, 9.17) is 9.47 Å². The number of fused-ring (bicyclic) bond motifs is 1. The molecule has 1 aliphatic heterocycles. The highest BCUT2D eigenvalue weighted by Gasteiger charge is 2.17. The Hall–Kier alpha value is -1.56. The first kappa shape index (κ1) is 13.4. The highest BCUT2D eigenvalue weighted by Crippen LogP contribution is 2.37. The van der Waals surface area contributed by atoms with Crippen LogP contribution < -0.4 is 9.47 Å². The fourth-order valence-corrected chi connectivity index (χ4v) is 2.76. The van der Waals surface area contributed by atoms with Crippen molar-refractivity contribution in [3.8, 4) is 11.5 Å². The number of hydrogen-bond acceptors (Lipinski definition) is 3. The topological polar surface area (TPSA) is 36.3 Å². The van der Waals surface area contributed by atoms with Crippen LogP contribution in [0.1, 0.15) is 11.3 Å². The predicted octanol–water partition coefficient (Wildman–Crippen LogP) is 3.13. The molecule has 0 radical (unpaired) electrons. The van der Waals surface area contributed by atoms with Gasteiger partial charge < -0.3 is 9.47 Å². The molecule has 0 unspecified atom stereocenters. The molecule has 1 aromatic carbocycles. The lowest BCUT2D eigenvalue weighted by Crippen LogP contribution is -2.02. The van der Waals surface area contributed by atoms with E-state index in [0.717, 1.165) is 33.6 Å². The maximum atomic E-state index is 12.2. The molecule has 0 aliphatic carbocycles. The zero-order valence-electron chi connectivity index (χ0n) is 10.8. The van der Waals surface area contributed by atoms with Crippen LogP contribution in [-0.2, 0) is 19.6 Å². The summed E-state index contributed by atoms with van der Waals surface area (Å²) in [7, 11) is 0. The van der Waals surface area contributed by atoms with Gasteiger partial charge in [0.2, 0.25) is 0 Å². The molecule has 3 rings (SSSR count). The number of aromatic nitrogens is 2. The molecule has 6 heteroatoms. The number of benzene rings is 1. The maximum absolute atomic E-state index is 12.2. The Kier molecular flexibility index (Phi) is 3.91. The van der Waals surface area contributed by atoms with Crippen molar-refractivity contribution in [1.82, 2.24) is 9.78 Å². The van der Waals surface area contributed by atoms with Gasteiger partial charge in [-0.05, 0) is 34.1 Å². The van der Waals surface area contributed by atoms with Crippen molar-refractivity contribution >= 4 is 15.9 Å². The van der Waals surface area contributed by atoms with E-state index in [0.29, 0.717) is 13.2 Å². The van der Waals surface area contributed by atoms with E-state index in [2.05, 4.69) is 21.0 Å². The molecule has 0 fully saturated rings. The molecule has 0 atom stereocenters. The third-order valence-corrected chi connectivity index (χ3v) is 3.70. The molecule has 0 saturated heterocycles. The molecule has 0 bridgehead atoms. The van der Waals surface area contributed by atoms with Gasteiger partial charge in [-0.15, -0.1) is 0 Å². The smallest absolute Gasteiger partial charge is 0.137 e. The monoisotopic (exact) mass is 340 g/mol. The van der Waals surface area contributed by atoms with Crippen molar-refractivity contribution < 1.29 is 13.9 Å². The van der Waals surface area contributed by atoms with E-state index >= 15 is 0 Å². The van der Waals surface area contributed by atoms with E-state index < -0.39 is 6.67 Å². The number of halogens is 2. The van der Waals surface area contributed by atoms with Gasteiger partial charge in [-0.3, -0.25) is 4.68 Å². The van der Waals surface area contributed by atoms with Crippen LogP contribution in [0.5, 0.6) is 11.5 Å². The Morgan fingerprint density at radius 3 is 3.20 bits per heavy atom. The number of rotatable bonds is 5. The average Bonchev–Trinajstić information content (AvgIpc) is 3.06. The summed E-state index contributed by atoms with van der Waals surface area (Å²) in [5.41, 5.74) is 1.93. The van der Waals surface area contributed by atoms with Crippen molar-refractivity contribution in [3.63, 3.8) is 0 Å². The van der Waals surface area contributed by atoms with E-state index in [1.807, 2.05) is 18.2 Å². The van der Waals surface area contributed by atoms with E-state index in [-0.39, 0.29) is 6.54 Å². The minimum Gasteiger partial charge on any atom is -0.492 e. The minimum atomic E-state index is -0.417. The lowest BCUT2D eigenvalue weighted by atomic mass is 10.1. The first-order chi connectivity index (χ1) is 9.76. The molecule has 4 nitrogen and oxygen atoms in total. The lowest BCUT2D eigenvalue weighted by Gasteiger charge is -2.08. The van der Waals surface area contributed by atoms with Gasteiger partial charge in [-0.2, -0.15) is 5.10 Å². The quantitative estimate of drug-likeness (QED) is 0.838. The third kappa shape index (κ3) is 2.80. The standard InChI is InChI=1S/C14H14BrFN2O2/c15-13-8-12(7-10-2-6-19-14(10)13)20-9-11-1-4-18(17-11)5-3-16/h1,4,7-8H,2-3,5-6,9H2. The number of nitrogens with zero attached hydrogens (tertiary/aromatic N) is 2. The van der Waals surface area contributed by atoms with Crippen LogP contribution in [0.2, 0.25) is 0 Å². The third-order valence-electron chi connectivity index (χ3n) is 3.11. The molecule has 1 aromatic heterocycles. The van der Waals surface area contributed by atoms with Crippen molar-refractivity contribution in [2.75, 3.05) is 13.3 Å². The number of ether oxygens (including phenoxy) is 2. The van der Waals surface area contributed by atoms with Crippen LogP contribution in [0.4, 0.5) is 4.39 Å². The molecule has 0 N–H and O–H groups in total. The Bertz CT molecular complexity index is 615. The lowest BCUT2D eigenvalue weighted by molar-refractivity contribution is 0.298. The summed E-state index contributed by atoms with van der Waals surface area (Å²) in [5, 5.41) is 4.23. The van der Waals surface area contributed by atoms with Crippen LogP contribution in [0, 0.1) is 0 Å². The van der Waals surface area contributed by atoms with Gasteiger partial charge in [0.25, 0.3) is 0 Å². The minimum absolute atomic E-state index is 0.279. The second-order valence-electron chi connectivity index (χ2n) is 4.54. The molecule has 20 heavy (non-hydrogen) atoms. The second kappa shape index (κ2) is 5.83. The van der Waals surface area contributed by atoms with Crippen molar-refractivity contribution in [2.45, 2.75) is 19.6 Å². The zero-order valence-corrected chi connectivity index (χ0v) is 12.4. The molecular weight excluding hydrogens is 327 g/mol. The summed E-state index contributed by atoms with van der Waals surface area (Å²) in [6.45, 7) is 0.942. The van der Waals surface area contributed by atoms with Crippen LogP contribution >= 0.6 is 15.9 Å². The fourth-order valence-electron chi connectivity index (χ4n) is 2.17. The number of hydrogen-bond donors (Lipinski definition) is 0. The normalized spacial score (nSPS) is 13.1. The Morgan fingerprint density at radius 1 is 1.45 bits per heavy atom. The highest BCUT2D eigenvalue weighted by atomic mass is 79.9. The largest absolute Gasteiger partial charge is 0.492 e. The average molecular weight is 341 g/mol. The van der Waals surface area contributed by atoms with Gasteiger partial charge in [-0.1, -0.05) is 0 Å². The number of alkyl halides is 1. The van der Waals surface area contributed by atoms with Gasteiger partial charge in [0.05, 0.1) is 23.3 Å². The first-order valence-electron chi connectivity index (χ1n) is 6.42. The Morgan fingerprint density at radius 2 is 2.35 bits per heavy atom. The van der Waals surface area contributed by atoms with E-state index in [1.54, 1.807) is 10.9 Å². The number of aryl methyl sites for hydroxylation is 1. The van der Waals surface area contributed by atoms with E-state index in [9.17, 15) is 4.39 Å². The maximum Gasteiger partial charge on any atom is 0.137 e. The van der Waals surface area contributed by atoms with Crippen LogP contribution in [-0.4, -0.2) is 23.1 Å². The highest BCUT2D eigenvalue weighted by molar-refractivity contribution is 9.10. The molecular formula is C14H14BrFN2O2. The summed E-state index contributed by atoms with van der Waals surface area (Å²) in [6, 6.07) is 5.72.